The summed E-state index contributed by atoms with van der Waals surface area (Å²) in [6.45, 7) is 6.43. The number of rotatable bonds is 7. The molecule has 0 aliphatic rings. The standard InChI is InChI=1S/C14H23FN2O/c1-4-17(9-10-18-3)14(11(2)16)12-5-7-13(15)8-6-12/h5-8,11,14H,4,9-10,16H2,1-3H3. The Bertz CT molecular complexity index is 340. The average molecular weight is 254 g/mol. The first-order valence-corrected chi connectivity index (χ1v) is 6.34. The van der Waals surface area contributed by atoms with Crippen molar-refractivity contribution >= 4 is 0 Å². The van der Waals surface area contributed by atoms with E-state index in [-0.39, 0.29) is 17.9 Å². The number of nitrogens with zero attached hydrogens (tertiary/aromatic N) is 1. The second-order valence-electron chi connectivity index (χ2n) is 4.48. The second kappa shape index (κ2) is 7.46. The maximum atomic E-state index is 13.0. The lowest BCUT2D eigenvalue weighted by Gasteiger charge is -2.33. The molecule has 0 aliphatic heterocycles. The summed E-state index contributed by atoms with van der Waals surface area (Å²) >= 11 is 0. The molecule has 0 bridgehead atoms. The molecule has 0 heterocycles. The molecule has 2 N–H and O–H groups in total. The summed E-state index contributed by atoms with van der Waals surface area (Å²) in [5.74, 6) is -0.220. The molecule has 0 saturated carbocycles. The molecule has 0 spiro atoms. The largest absolute Gasteiger partial charge is 0.383 e. The van der Waals surface area contributed by atoms with Crippen LogP contribution in [0.15, 0.2) is 24.3 Å². The van der Waals surface area contributed by atoms with Crippen LogP contribution in [0.2, 0.25) is 0 Å². The predicted molar refractivity (Wildman–Crippen MR) is 71.9 cm³/mol. The molecular weight excluding hydrogens is 231 g/mol. The quantitative estimate of drug-likeness (QED) is 0.810. The molecule has 1 rings (SSSR count). The fourth-order valence-electron chi connectivity index (χ4n) is 2.21. The van der Waals surface area contributed by atoms with Gasteiger partial charge in [0, 0.05) is 25.7 Å². The summed E-state index contributed by atoms with van der Waals surface area (Å²) in [6, 6.07) is 6.64. The SMILES string of the molecule is CCN(CCOC)C(c1ccc(F)cc1)C(C)N. The minimum absolute atomic E-state index is 0.0210. The van der Waals surface area contributed by atoms with Gasteiger partial charge in [-0.25, -0.2) is 4.39 Å². The van der Waals surface area contributed by atoms with Crippen molar-refractivity contribution in [3.8, 4) is 0 Å². The molecule has 0 aromatic heterocycles. The minimum atomic E-state index is -0.220. The van der Waals surface area contributed by atoms with E-state index in [4.69, 9.17) is 10.5 Å². The Morgan fingerprint density at radius 1 is 1.33 bits per heavy atom. The van der Waals surface area contributed by atoms with Crippen LogP contribution in [0.1, 0.15) is 25.5 Å². The van der Waals surface area contributed by atoms with Gasteiger partial charge in [-0.2, -0.15) is 0 Å². The third-order valence-corrected chi connectivity index (χ3v) is 3.09. The number of likely N-dealkylation sites (N-methyl/N-ethyl adjacent to an activating group) is 1. The van der Waals surface area contributed by atoms with Crippen molar-refractivity contribution in [3.63, 3.8) is 0 Å². The second-order valence-corrected chi connectivity index (χ2v) is 4.48. The lowest BCUT2D eigenvalue weighted by molar-refractivity contribution is 0.115. The molecule has 4 heteroatoms. The highest BCUT2D eigenvalue weighted by atomic mass is 19.1. The van der Waals surface area contributed by atoms with Gasteiger partial charge in [0.25, 0.3) is 0 Å². The molecule has 0 saturated heterocycles. The highest BCUT2D eigenvalue weighted by Crippen LogP contribution is 2.23. The van der Waals surface area contributed by atoms with Crippen molar-refractivity contribution in [1.29, 1.82) is 0 Å². The predicted octanol–water partition coefficient (Wildman–Crippen LogP) is 2.18. The lowest BCUT2D eigenvalue weighted by Crippen LogP contribution is -2.41. The van der Waals surface area contributed by atoms with E-state index in [1.165, 1.54) is 12.1 Å². The van der Waals surface area contributed by atoms with Gasteiger partial charge in [0.2, 0.25) is 0 Å². The topological polar surface area (TPSA) is 38.5 Å². The normalized spacial score (nSPS) is 14.8. The van der Waals surface area contributed by atoms with E-state index in [0.29, 0.717) is 6.61 Å². The van der Waals surface area contributed by atoms with Crippen molar-refractivity contribution in [2.45, 2.75) is 25.9 Å². The van der Waals surface area contributed by atoms with Gasteiger partial charge < -0.3 is 10.5 Å². The molecule has 0 aliphatic carbocycles. The molecule has 102 valence electrons. The van der Waals surface area contributed by atoms with Gasteiger partial charge in [-0.1, -0.05) is 19.1 Å². The Kier molecular flexibility index (Phi) is 6.25. The molecule has 1 aromatic carbocycles. The van der Waals surface area contributed by atoms with Gasteiger partial charge >= 0.3 is 0 Å². The monoisotopic (exact) mass is 254 g/mol. The number of methoxy groups -OCH3 is 1. The number of ether oxygens (including phenoxy) is 1. The smallest absolute Gasteiger partial charge is 0.123 e. The van der Waals surface area contributed by atoms with E-state index in [0.717, 1.165) is 18.7 Å². The summed E-state index contributed by atoms with van der Waals surface area (Å²) in [5.41, 5.74) is 7.12. The maximum absolute atomic E-state index is 13.0. The zero-order valence-corrected chi connectivity index (χ0v) is 11.4. The highest BCUT2D eigenvalue weighted by Gasteiger charge is 2.22. The molecule has 2 atom stereocenters. The minimum Gasteiger partial charge on any atom is -0.383 e. The average Bonchev–Trinajstić information content (AvgIpc) is 2.35. The van der Waals surface area contributed by atoms with Crippen LogP contribution in [-0.4, -0.2) is 37.7 Å². The van der Waals surface area contributed by atoms with Crippen LogP contribution in [-0.2, 0) is 4.74 Å². The van der Waals surface area contributed by atoms with Crippen LogP contribution < -0.4 is 5.73 Å². The van der Waals surface area contributed by atoms with Crippen LogP contribution in [0.25, 0.3) is 0 Å². The molecule has 18 heavy (non-hydrogen) atoms. The van der Waals surface area contributed by atoms with Crippen LogP contribution >= 0.6 is 0 Å². The summed E-state index contributed by atoms with van der Waals surface area (Å²) in [4.78, 5) is 2.25. The van der Waals surface area contributed by atoms with Gasteiger partial charge in [-0.15, -0.1) is 0 Å². The van der Waals surface area contributed by atoms with Crippen molar-refractivity contribution < 1.29 is 9.13 Å². The fourth-order valence-corrected chi connectivity index (χ4v) is 2.21. The zero-order valence-electron chi connectivity index (χ0n) is 11.4. The van der Waals surface area contributed by atoms with Gasteiger partial charge in [0.05, 0.1) is 6.61 Å². The number of hydrogen-bond acceptors (Lipinski definition) is 3. The number of benzene rings is 1. The molecular formula is C14H23FN2O. The first-order chi connectivity index (χ1) is 8.60. The Labute approximate surface area is 109 Å². The molecule has 0 radical (unpaired) electrons. The summed E-state index contributed by atoms with van der Waals surface area (Å²) in [5, 5.41) is 0. The summed E-state index contributed by atoms with van der Waals surface area (Å²) in [6.07, 6.45) is 0. The third-order valence-electron chi connectivity index (χ3n) is 3.09. The number of hydrogen-bond donors (Lipinski definition) is 1. The Hall–Kier alpha value is -0.970. The van der Waals surface area contributed by atoms with Gasteiger partial charge in [0.1, 0.15) is 5.82 Å². The van der Waals surface area contributed by atoms with Crippen LogP contribution in [0.4, 0.5) is 4.39 Å². The number of nitrogens with two attached hydrogens (primary N) is 1. The van der Waals surface area contributed by atoms with E-state index in [1.54, 1.807) is 19.2 Å². The van der Waals surface area contributed by atoms with Gasteiger partial charge in [-0.3, -0.25) is 4.90 Å². The zero-order chi connectivity index (χ0) is 13.5. The van der Waals surface area contributed by atoms with Gasteiger partial charge in [-0.05, 0) is 31.2 Å². The molecule has 2 unspecified atom stereocenters. The van der Waals surface area contributed by atoms with Crippen molar-refractivity contribution in [2.75, 3.05) is 26.8 Å². The van der Waals surface area contributed by atoms with Crippen LogP contribution in [0.3, 0.4) is 0 Å². The van der Waals surface area contributed by atoms with Gasteiger partial charge in [0.15, 0.2) is 0 Å². The fraction of sp³-hybridized carbons (Fsp3) is 0.571. The van der Waals surface area contributed by atoms with Crippen LogP contribution in [0.5, 0.6) is 0 Å². The van der Waals surface area contributed by atoms with E-state index in [9.17, 15) is 4.39 Å². The Morgan fingerprint density at radius 3 is 2.39 bits per heavy atom. The third kappa shape index (κ3) is 4.05. The first-order valence-electron chi connectivity index (χ1n) is 6.34. The first kappa shape index (κ1) is 15.1. The molecule has 0 amide bonds. The number of halogens is 1. The Balaban J connectivity index is 2.89. The maximum Gasteiger partial charge on any atom is 0.123 e. The van der Waals surface area contributed by atoms with E-state index in [2.05, 4.69) is 11.8 Å². The van der Waals surface area contributed by atoms with Crippen molar-refractivity contribution in [3.05, 3.63) is 35.6 Å². The summed E-state index contributed by atoms with van der Waals surface area (Å²) in [7, 11) is 1.69. The van der Waals surface area contributed by atoms with Crippen molar-refractivity contribution in [1.82, 2.24) is 4.90 Å². The highest BCUT2D eigenvalue weighted by molar-refractivity contribution is 5.21. The van der Waals surface area contributed by atoms with E-state index >= 15 is 0 Å². The lowest BCUT2D eigenvalue weighted by atomic mass is 9.99. The van der Waals surface area contributed by atoms with Crippen molar-refractivity contribution in [2.24, 2.45) is 5.73 Å². The van der Waals surface area contributed by atoms with Crippen LogP contribution in [0, 0.1) is 5.82 Å². The molecule has 1 aromatic rings. The summed E-state index contributed by atoms with van der Waals surface area (Å²) < 4.78 is 18.1. The van der Waals surface area contributed by atoms with E-state index in [1.807, 2.05) is 6.92 Å². The Morgan fingerprint density at radius 2 is 1.94 bits per heavy atom. The molecule has 3 nitrogen and oxygen atoms in total. The van der Waals surface area contributed by atoms with E-state index < -0.39 is 0 Å². The molecule has 0 fully saturated rings.